The fourth-order valence-corrected chi connectivity index (χ4v) is 4.41. The van der Waals surface area contributed by atoms with E-state index in [0.29, 0.717) is 5.56 Å². The molecular formula is C27H35FO2. The van der Waals surface area contributed by atoms with Gasteiger partial charge in [0.25, 0.3) is 0 Å². The summed E-state index contributed by atoms with van der Waals surface area (Å²) in [7, 11) is 0. The molecule has 3 rings (SSSR count). The lowest BCUT2D eigenvalue weighted by Gasteiger charge is -2.28. The molecule has 0 N–H and O–H groups in total. The van der Waals surface area contributed by atoms with Crippen molar-refractivity contribution in [1.82, 2.24) is 0 Å². The number of unbranched alkanes of at least 4 members (excludes halogenated alkanes) is 5. The van der Waals surface area contributed by atoms with E-state index in [1.54, 1.807) is 24.3 Å². The van der Waals surface area contributed by atoms with Gasteiger partial charge in [-0.3, -0.25) is 0 Å². The SMILES string of the molecule is CCCCCCCCC1CCC(OC(=O)c2ccc(-c3ccc(F)cc3)cc2)CC1. The van der Waals surface area contributed by atoms with Gasteiger partial charge >= 0.3 is 5.97 Å². The molecule has 0 spiro atoms. The van der Waals surface area contributed by atoms with Crippen molar-refractivity contribution >= 4 is 5.97 Å². The van der Waals surface area contributed by atoms with Crippen LogP contribution in [-0.2, 0) is 4.74 Å². The summed E-state index contributed by atoms with van der Waals surface area (Å²) in [6.45, 7) is 2.26. The van der Waals surface area contributed by atoms with Crippen LogP contribution in [0.3, 0.4) is 0 Å². The van der Waals surface area contributed by atoms with Crippen LogP contribution in [0.4, 0.5) is 4.39 Å². The number of esters is 1. The van der Waals surface area contributed by atoms with Crippen LogP contribution in [0.5, 0.6) is 0 Å². The van der Waals surface area contributed by atoms with E-state index in [9.17, 15) is 9.18 Å². The molecule has 1 saturated carbocycles. The van der Waals surface area contributed by atoms with Crippen molar-refractivity contribution in [3.8, 4) is 11.1 Å². The highest BCUT2D eigenvalue weighted by atomic mass is 19.1. The molecule has 0 amide bonds. The maximum atomic E-state index is 13.1. The number of carbonyl (C=O) groups is 1. The van der Waals surface area contributed by atoms with E-state index in [-0.39, 0.29) is 17.9 Å². The Morgan fingerprint density at radius 2 is 1.40 bits per heavy atom. The lowest BCUT2D eigenvalue weighted by molar-refractivity contribution is 0.0161. The van der Waals surface area contributed by atoms with Crippen LogP contribution >= 0.6 is 0 Å². The second kappa shape index (κ2) is 11.9. The predicted octanol–water partition coefficient (Wildman–Crippen LogP) is 7.96. The van der Waals surface area contributed by atoms with Gasteiger partial charge < -0.3 is 4.74 Å². The zero-order chi connectivity index (χ0) is 21.2. The predicted molar refractivity (Wildman–Crippen MR) is 121 cm³/mol. The Morgan fingerprint density at radius 1 is 0.833 bits per heavy atom. The van der Waals surface area contributed by atoms with Crippen molar-refractivity contribution in [2.45, 2.75) is 83.7 Å². The number of hydrogen-bond donors (Lipinski definition) is 0. The zero-order valence-electron chi connectivity index (χ0n) is 18.2. The monoisotopic (exact) mass is 410 g/mol. The highest BCUT2D eigenvalue weighted by Gasteiger charge is 2.24. The molecule has 0 radical (unpaired) electrons. The van der Waals surface area contributed by atoms with E-state index >= 15 is 0 Å². The molecule has 3 heteroatoms. The number of benzene rings is 2. The van der Waals surface area contributed by atoms with Gasteiger partial charge in [-0.1, -0.05) is 76.1 Å². The molecular weight excluding hydrogens is 375 g/mol. The van der Waals surface area contributed by atoms with Crippen molar-refractivity contribution in [3.05, 3.63) is 59.9 Å². The molecule has 0 saturated heterocycles. The Bertz CT molecular complexity index is 758. The molecule has 30 heavy (non-hydrogen) atoms. The van der Waals surface area contributed by atoms with E-state index in [1.165, 1.54) is 69.9 Å². The molecule has 0 aliphatic heterocycles. The zero-order valence-corrected chi connectivity index (χ0v) is 18.2. The molecule has 0 bridgehead atoms. The first-order chi connectivity index (χ1) is 14.7. The topological polar surface area (TPSA) is 26.3 Å². The first-order valence-electron chi connectivity index (χ1n) is 11.7. The third kappa shape index (κ3) is 6.97. The molecule has 1 aliphatic rings. The van der Waals surface area contributed by atoms with Crippen LogP contribution in [0.25, 0.3) is 11.1 Å². The fraction of sp³-hybridized carbons (Fsp3) is 0.519. The number of halogens is 1. The van der Waals surface area contributed by atoms with Crippen LogP contribution in [0.2, 0.25) is 0 Å². The van der Waals surface area contributed by atoms with Crippen LogP contribution < -0.4 is 0 Å². The van der Waals surface area contributed by atoms with E-state index in [2.05, 4.69) is 6.92 Å². The van der Waals surface area contributed by atoms with Gasteiger partial charge in [-0.05, 0) is 67.0 Å². The smallest absolute Gasteiger partial charge is 0.338 e. The van der Waals surface area contributed by atoms with E-state index in [4.69, 9.17) is 4.74 Å². The van der Waals surface area contributed by atoms with Gasteiger partial charge in [0, 0.05) is 0 Å². The van der Waals surface area contributed by atoms with E-state index in [0.717, 1.165) is 29.9 Å². The van der Waals surface area contributed by atoms with Crippen LogP contribution in [0.1, 0.15) is 87.9 Å². The average Bonchev–Trinajstić information content (AvgIpc) is 2.78. The Labute approximate surface area is 180 Å². The Kier molecular flexibility index (Phi) is 8.92. The third-order valence-corrected chi connectivity index (χ3v) is 6.33. The molecule has 1 aliphatic carbocycles. The summed E-state index contributed by atoms with van der Waals surface area (Å²) in [5, 5.41) is 0. The summed E-state index contributed by atoms with van der Waals surface area (Å²) in [6.07, 6.45) is 13.8. The molecule has 0 atom stereocenters. The largest absolute Gasteiger partial charge is 0.459 e. The molecule has 1 fully saturated rings. The Morgan fingerprint density at radius 3 is 2.03 bits per heavy atom. The van der Waals surface area contributed by atoms with Crippen molar-refractivity contribution in [3.63, 3.8) is 0 Å². The summed E-state index contributed by atoms with van der Waals surface area (Å²) in [4.78, 5) is 12.5. The molecule has 2 aromatic rings. The second-order valence-corrected chi connectivity index (χ2v) is 8.69. The first kappa shape index (κ1) is 22.5. The Hall–Kier alpha value is -2.16. The fourth-order valence-electron chi connectivity index (χ4n) is 4.41. The van der Waals surface area contributed by atoms with Gasteiger partial charge in [-0.2, -0.15) is 0 Å². The standard InChI is InChI=1S/C27H35FO2/c1-2-3-4-5-6-7-8-21-9-19-26(20-10-21)30-27(29)24-13-11-22(12-14-24)23-15-17-25(28)18-16-23/h11-18,21,26H,2-10,19-20H2,1H3. The molecule has 0 aromatic heterocycles. The molecule has 0 unspecified atom stereocenters. The maximum Gasteiger partial charge on any atom is 0.338 e. The first-order valence-corrected chi connectivity index (χ1v) is 11.7. The number of hydrogen-bond acceptors (Lipinski definition) is 2. The highest BCUT2D eigenvalue weighted by Crippen LogP contribution is 2.31. The van der Waals surface area contributed by atoms with Gasteiger partial charge in [-0.25, -0.2) is 9.18 Å². The number of carbonyl (C=O) groups excluding carboxylic acids is 1. The minimum absolute atomic E-state index is 0.0510. The van der Waals surface area contributed by atoms with Crippen molar-refractivity contribution in [2.24, 2.45) is 5.92 Å². The second-order valence-electron chi connectivity index (χ2n) is 8.69. The lowest BCUT2D eigenvalue weighted by Crippen LogP contribution is -2.24. The maximum absolute atomic E-state index is 13.1. The highest BCUT2D eigenvalue weighted by molar-refractivity contribution is 5.90. The van der Waals surface area contributed by atoms with Crippen molar-refractivity contribution in [2.75, 3.05) is 0 Å². The minimum Gasteiger partial charge on any atom is -0.459 e. The van der Waals surface area contributed by atoms with Crippen molar-refractivity contribution < 1.29 is 13.9 Å². The summed E-state index contributed by atoms with van der Waals surface area (Å²) >= 11 is 0. The molecule has 2 nitrogen and oxygen atoms in total. The quantitative estimate of drug-likeness (QED) is 0.293. The molecule has 2 aromatic carbocycles. The third-order valence-electron chi connectivity index (χ3n) is 6.33. The van der Waals surface area contributed by atoms with Crippen LogP contribution in [0.15, 0.2) is 48.5 Å². The van der Waals surface area contributed by atoms with Crippen LogP contribution in [0, 0.1) is 11.7 Å². The van der Waals surface area contributed by atoms with E-state index < -0.39 is 0 Å². The molecule has 162 valence electrons. The van der Waals surface area contributed by atoms with E-state index in [1.807, 2.05) is 12.1 Å². The molecule has 0 heterocycles. The van der Waals surface area contributed by atoms with Gasteiger partial charge in [0.1, 0.15) is 11.9 Å². The summed E-state index contributed by atoms with van der Waals surface area (Å²) in [5.74, 6) is 0.321. The normalized spacial score (nSPS) is 18.9. The number of rotatable bonds is 10. The van der Waals surface area contributed by atoms with Gasteiger partial charge in [0.15, 0.2) is 0 Å². The van der Waals surface area contributed by atoms with Crippen molar-refractivity contribution in [1.29, 1.82) is 0 Å². The van der Waals surface area contributed by atoms with Gasteiger partial charge in [0.2, 0.25) is 0 Å². The average molecular weight is 411 g/mol. The van der Waals surface area contributed by atoms with Gasteiger partial charge in [-0.15, -0.1) is 0 Å². The minimum atomic E-state index is -0.249. The van der Waals surface area contributed by atoms with Crippen LogP contribution in [-0.4, -0.2) is 12.1 Å². The summed E-state index contributed by atoms with van der Waals surface area (Å²) < 4.78 is 18.8. The summed E-state index contributed by atoms with van der Waals surface area (Å²) in [5.41, 5.74) is 2.47. The Balaban J connectivity index is 1.39. The van der Waals surface area contributed by atoms with Gasteiger partial charge in [0.05, 0.1) is 5.56 Å². The summed E-state index contributed by atoms with van der Waals surface area (Å²) in [6, 6.07) is 13.7. The lowest BCUT2D eigenvalue weighted by atomic mass is 9.84. The number of ether oxygens (including phenoxy) is 1.